The number of rotatable bonds is 3. The van der Waals surface area contributed by atoms with E-state index >= 15 is 0 Å². The summed E-state index contributed by atoms with van der Waals surface area (Å²) in [5.74, 6) is 0.515. The maximum Gasteiger partial charge on any atom is 0.229 e. The van der Waals surface area contributed by atoms with Crippen LogP contribution in [0.3, 0.4) is 0 Å². The number of fused-ring (bicyclic) bond motifs is 1. The van der Waals surface area contributed by atoms with Gasteiger partial charge in [-0.1, -0.05) is 36.4 Å². The molecule has 0 aliphatic heterocycles. The van der Waals surface area contributed by atoms with Crippen LogP contribution >= 0.6 is 0 Å². The van der Waals surface area contributed by atoms with Crippen LogP contribution in [0.5, 0.6) is 0 Å². The molecule has 3 rings (SSSR count). The molecule has 0 fully saturated rings. The van der Waals surface area contributed by atoms with E-state index in [1.165, 1.54) is 0 Å². The molecule has 0 amide bonds. The lowest BCUT2D eigenvalue weighted by atomic mass is 10.1. The highest BCUT2D eigenvalue weighted by atomic mass is 16.5. The smallest absolute Gasteiger partial charge is 0.229 e. The van der Waals surface area contributed by atoms with Gasteiger partial charge in [0.1, 0.15) is 5.52 Å². The number of aromatic nitrogens is 1. The van der Waals surface area contributed by atoms with Gasteiger partial charge in [-0.05, 0) is 17.7 Å². The molecule has 0 saturated carbocycles. The van der Waals surface area contributed by atoms with Crippen LogP contribution in [0.2, 0.25) is 0 Å². The molecule has 0 aliphatic carbocycles. The van der Waals surface area contributed by atoms with E-state index in [0.717, 1.165) is 5.56 Å². The monoisotopic (exact) mass is 254 g/mol. The summed E-state index contributed by atoms with van der Waals surface area (Å²) in [5, 5.41) is 0. The number of hydrogen-bond donors (Lipinski definition) is 1. The lowest BCUT2D eigenvalue weighted by Gasteiger charge is -2.11. The molecule has 0 bridgehead atoms. The van der Waals surface area contributed by atoms with E-state index in [1.807, 2.05) is 42.5 Å². The van der Waals surface area contributed by atoms with Crippen LogP contribution in [0.4, 0.5) is 5.69 Å². The lowest BCUT2D eigenvalue weighted by molar-refractivity contribution is 0.113. The fourth-order valence-corrected chi connectivity index (χ4v) is 2.11. The molecule has 4 nitrogen and oxygen atoms in total. The summed E-state index contributed by atoms with van der Waals surface area (Å²) in [6.07, 6.45) is -0.326. The fourth-order valence-electron chi connectivity index (χ4n) is 2.11. The molecule has 0 saturated heterocycles. The molecule has 1 aromatic heterocycles. The number of nitrogens with zero attached hydrogens (tertiary/aromatic N) is 1. The molecule has 96 valence electrons. The maximum atomic E-state index is 5.89. The number of nitrogens with two attached hydrogens (primary N) is 1. The quantitative estimate of drug-likeness (QED) is 0.729. The van der Waals surface area contributed by atoms with Crippen molar-refractivity contribution in [2.24, 2.45) is 0 Å². The molecule has 1 heterocycles. The van der Waals surface area contributed by atoms with Crippen molar-refractivity contribution in [3.63, 3.8) is 0 Å². The average molecular weight is 254 g/mol. The minimum absolute atomic E-state index is 0.326. The van der Waals surface area contributed by atoms with Crippen molar-refractivity contribution >= 4 is 16.8 Å². The molecule has 3 aromatic rings. The maximum absolute atomic E-state index is 5.89. The Morgan fingerprint density at radius 3 is 2.58 bits per heavy atom. The van der Waals surface area contributed by atoms with Gasteiger partial charge in [-0.25, -0.2) is 4.98 Å². The van der Waals surface area contributed by atoms with Crippen molar-refractivity contribution in [2.75, 3.05) is 12.8 Å². The average Bonchev–Trinajstić information content (AvgIpc) is 2.86. The first kappa shape index (κ1) is 11.7. The zero-order valence-corrected chi connectivity index (χ0v) is 10.5. The number of anilines is 1. The highest BCUT2D eigenvalue weighted by Crippen LogP contribution is 2.29. The van der Waals surface area contributed by atoms with Crippen LogP contribution in [0, 0.1) is 0 Å². The number of hydrogen-bond acceptors (Lipinski definition) is 4. The van der Waals surface area contributed by atoms with Crippen LogP contribution in [0.1, 0.15) is 17.6 Å². The Balaban J connectivity index is 2.09. The van der Waals surface area contributed by atoms with Crippen molar-refractivity contribution in [2.45, 2.75) is 6.10 Å². The number of methoxy groups -OCH3 is 1. The van der Waals surface area contributed by atoms with Gasteiger partial charge in [-0.2, -0.15) is 0 Å². The van der Waals surface area contributed by atoms with Crippen LogP contribution in [0.25, 0.3) is 11.1 Å². The summed E-state index contributed by atoms with van der Waals surface area (Å²) in [5.41, 5.74) is 8.84. The van der Waals surface area contributed by atoms with E-state index in [1.54, 1.807) is 13.2 Å². The molecule has 1 unspecified atom stereocenters. The Morgan fingerprint density at radius 1 is 1.11 bits per heavy atom. The molecule has 2 N–H and O–H groups in total. The van der Waals surface area contributed by atoms with Crippen LogP contribution < -0.4 is 5.73 Å². The minimum atomic E-state index is -0.326. The number of para-hydroxylation sites is 1. The molecule has 19 heavy (non-hydrogen) atoms. The first-order chi connectivity index (χ1) is 9.29. The van der Waals surface area contributed by atoms with Crippen LogP contribution in [-0.2, 0) is 4.74 Å². The van der Waals surface area contributed by atoms with E-state index in [4.69, 9.17) is 14.9 Å². The normalized spacial score (nSPS) is 12.7. The van der Waals surface area contributed by atoms with Crippen molar-refractivity contribution in [1.82, 2.24) is 4.98 Å². The van der Waals surface area contributed by atoms with Gasteiger partial charge in [0, 0.05) is 7.11 Å². The Kier molecular flexibility index (Phi) is 2.93. The predicted molar refractivity (Wildman–Crippen MR) is 73.7 cm³/mol. The largest absolute Gasteiger partial charge is 0.437 e. The SMILES string of the molecule is COC(c1ccccc1)c1nc2c(N)cccc2o1. The predicted octanol–water partition coefficient (Wildman–Crippen LogP) is 3.15. The van der Waals surface area contributed by atoms with Gasteiger partial charge >= 0.3 is 0 Å². The molecule has 4 heteroatoms. The second kappa shape index (κ2) is 4.74. The standard InChI is InChI=1S/C15H14N2O2/c1-18-14(10-6-3-2-4-7-10)15-17-13-11(16)8-5-9-12(13)19-15/h2-9,14H,16H2,1H3. The van der Waals surface area contributed by atoms with Gasteiger partial charge in [-0.3, -0.25) is 0 Å². The molecular formula is C15H14N2O2. The molecule has 0 aliphatic rings. The summed E-state index contributed by atoms with van der Waals surface area (Å²) in [6, 6.07) is 15.3. The molecular weight excluding hydrogens is 240 g/mol. The number of ether oxygens (including phenoxy) is 1. The van der Waals surface area contributed by atoms with Crippen molar-refractivity contribution < 1.29 is 9.15 Å². The highest BCUT2D eigenvalue weighted by molar-refractivity contribution is 5.85. The number of nitrogen functional groups attached to an aromatic ring is 1. The van der Waals surface area contributed by atoms with Crippen molar-refractivity contribution in [3.05, 3.63) is 60.0 Å². The van der Waals surface area contributed by atoms with E-state index < -0.39 is 0 Å². The van der Waals surface area contributed by atoms with Crippen LogP contribution in [-0.4, -0.2) is 12.1 Å². The Bertz CT molecular complexity index is 692. The van der Waals surface area contributed by atoms with E-state index in [0.29, 0.717) is 22.7 Å². The van der Waals surface area contributed by atoms with Gasteiger partial charge < -0.3 is 14.9 Å². The third kappa shape index (κ3) is 2.06. The first-order valence-electron chi connectivity index (χ1n) is 6.02. The topological polar surface area (TPSA) is 61.3 Å². The molecule has 0 radical (unpaired) electrons. The van der Waals surface area contributed by atoms with Gasteiger partial charge in [0.05, 0.1) is 5.69 Å². The second-order valence-electron chi connectivity index (χ2n) is 4.27. The third-order valence-electron chi connectivity index (χ3n) is 3.03. The van der Waals surface area contributed by atoms with Crippen LogP contribution in [0.15, 0.2) is 52.9 Å². The zero-order valence-electron chi connectivity index (χ0n) is 10.5. The fraction of sp³-hybridized carbons (Fsp3) is 0.133. The summed E-state index contributed by atoms with van der Waals surface area (Å²) in [6.45, 7) is 0. The van der Waals surface area contributed by atoms with Gasteiger partial charge in [0.15, 0.2) is 11.7 Å². The minimum Gasteiger partial charge on any atom is -0.437 e. The number of oxazole rings is 1. The van der Waals surface area contributed by atoms with E-state index in [2.05, 4.69) is 4.98 Å². The Hall–Kier alpha value is -2.33. The Morgan fingerprint density at radius 2 is 1.89 bits per heavy atom. The summed E-state index contributed by atoms with van der Waals surface area (Å²) in [7, 11) is 1.63. The second-order valence-corrected chi connectivity index (χ2v) is 4.27. The lowest BCUT2D eigenvalue weighted by Crippen LogP contribution is -2.03. The summed E-state index contributed by atoms with van der Waals surface area (Å²) in [4.78, 5) is 4.44. The van der Waals surface area contributed by atoms with Gasteiger partial charge in [0.2, 0.25) is 5.89 Å². The van der Waals surface area contributed by atoms with E-state index in [-0.39, 0.29) is 6.10 Å². The third-order valence-corrected chi connectivity index (χ3v) is 3.03. The van der Waals surface area contributed by atoms with Gasteiger partial charge in [-0.15, -0.1) is 0 Å². The van der Waals surface area contributed by atoms with Crippen molar-refractivity contribution in [1.29, 1.82) is 0 Å². The molecule has 1 atom stereocenters. The zero-order chi connectivity index (χ0) is 13.2. The van der Waals surface area contributed by atoms with E-state index in [9.17, 15) is 0 Å². The number of benzene rings is 2. The summed E-state index contributed by atoms with van der Waals surface area (Å²) >= 11 is 0. The van der Waals surface area contributed by atoms with Crippen molar-refractivity contribution in [3.8, 4) is 0 Å². The molecule has 0 spiro atoms. The molecule has 2 aromatic carbocycles. The Labute approximate surface area is 110 Å². The highest BCUT2D eigenvalue weighted by Gasteiger charge is 2.20. The first-order valence-corrected chi connectivity index (χ1v) is 6.02. The summed E-state index contributed by atoms with van der Waals surface area (Å²) < 4.78 is 11.2. The van der Waals surface area contributed by atoms with Gasteiger partial charge in [0.25, 0.3) is 0 Å².